The minimum absolute atomic E-state index is 0.0122. The van der Waals surface area contributed by atoms with Gasteiger partial charge in [0.05, 0.1) is 25.8 Å². The summed E-state index contributed by atoms with van der Waals surface area (Å²) in [6.45, 7) is 2.64. The summed E-state index contributed by atoms with van der Waals surface area (Å²) in [6.07, 6.45) is -0.760. The van der Waals surface area contributed by atoms with E-state index in [0.717, 1.165) is 12.8 Å². The summed E-state index contributed by atoms with van der Waals surface area (Å²) in [5.74, 6) is 0.136. The minimum Gasteiger partial charge on any atom is -0.494 e. The van der Waals surface area contributed by atoms with Crippen molar-refractivity contribution in [1.82, 2.24) is 29.4 Å². The van der Waals surface area contributed by atoms with Gasteiger partial charge in [0.1, 0.15) is 23.3 Å². The Morgan fingerprint density at radius 1 is 1.13 bits per heavy atom. The molecule has 11 nitrogen and oxygen atoms in total. The van der Waals surface area contributed by atoms with Gasteiger partial charge in [-0.3, -0.25) is 9.36 Å². The van der Waals surface area contributed by atoms with E-state index in [2.05, 4.69) is 15.0 Å². The smallest absolute Gasteiger partial charge is 0.296 e. The van der Waals surface area contributed by atoms with Gasteiger partial charge in [0, 0.05) is 26.7 Å². The fourth-order valence-corrected chi connectivity index (χ4v) is 5.09. The van der Waals surface area contributed by atoms with Crippen molar-refractivity contribution in [3.05, 3.63) is 24.0 Å². The number of carbonyl (C=O) groups excluding carboxylic acids is 1. The van der Waals surface area contributed by atoms with E-state index in [1.54, 1.807) is 30.1 Å². The summed E-state index contributed by atoms with van der Waals surface area (Å²) in [5, 5.41) is 0. The van der Waals surface area contributed by atoms with Gasteiger partial charge in [0.15, 0.2) is 5.82 Å². The maximum absolute atomic E-state index is 14.3. The summed E-state index contributed by atoms with van der Waals surface area (Å²) in [4.78, 5) is 36.2. The molecule has 1 unspecified atom stereocenters. The van der Waals surface area contributed by atoms with Crippen molar-refractivity contribution in [3.63, 3.8) is 0 Å². The highest BCUT2D eigenvalue weighted by Crippen LogP contribution is 2.33. The molecule has 3 aromatic rings. The molecular weight excluding hydrogens is 522 g/mol. The number of carbonyl (C=O) groups is 1. The van der Waals surface area contributed by atoms with E-state index in [-0.39, 0.29) is 29.4 Å². The molecule has 4 heterocycles. The van der Waals surface area contributed by atoms with Crippen molar-refractivity contribution in [2.45, 2.75) is 31.9 Å². The quantitative estimate of drug-likeness (QED) is 0.411. The summed E-state index contributed by atoms with van der Waals surface area (Å²) >= 11 is 5.85. The predicted octanol–water partition coefficient (Wildman–Crippen LogP) is 3.01. The number of morpholine rings is 1. The van der Waals surface area contributed by atoms with E-state index in [1.165, 1.54) is 11.7 Å². The number of nitrogens with zero attached hydrogens (tertiary/aromatic N) is 8. The molecule has 0 spiro atoms. The molecule has 2 saturated heterocycles. The second kappa shape index (κ2) is 11.2. The molecule has 1 atom stereocenters. The lowest BCUT2D eigenvalue weighted by atomic mass is 10.1. The SMILES string of the molecule is COc1cccc2c1nc(C(F)F)n2-c1nc(N2CCOCC2)nc(N2CCCCC2N(C)C(=O)CCl)n1. The molecule has 0 aliphatic carbocycles. The Kier molecular flexibility index (Phi) is 7.75. The Bertz CT molecular complexity index is 1300. The number of anilines is 2. The van der Waals surface area contributed by atoms with E-state index in [0.29, 0.717) is 62.4 Å². The molecule has 2 aliphatic rings. The van der Waals surface area contributed by atoms with E-state index < -0.39 is 12.2 Å². The van der Waals surface area contributed by atoms with Gasteiger partial charge in [-0.2, -0.15) is 15.0 Å². The van der Waals surface area contributed by atoms with Gasteiger partial charge in [0.25, 0.3) is 6.43 Å². The van der Waals surface area contributed by atoms with Crippen LogP contribution < -0.4 is 14.5 Å². The monoisotopic (exact) mass is 550 g/mol. The van der Waals surface area contributed by atoms with Gasteiger partial charge in [-0.05, 0) is 31.4 Å². The highest BCUT2D eigenvalue weighted by Gasteiger charge is 2.32. The Labute approximate surface area is 223 Å². The number of methoxy groups -OCH3 is 1. The van der Waals surface area contributed by atoms with E-state index in [1.807, 2.05) is 9.80 Å². The molecule has 2 aliphatic heterocycles. The molecular formula is C24H29ClF2N8O3. The van der Waals surface area contributed by atoms with Crippen LogP contribution in [-0.4, -0.2) is 94.4 Å². The van der Waals surface area contributed by atoms with Gasteiger partial charge >= 0.3 is 0 Å². The van der Waals surface area contributed by atoms with Crippen molar-refractivity contribution < 1.29 is 23.0 Å². The summed E-state index contributed by atoms with van der Waals surface area (Å²) in [6, 6.07) is 5.03. The Morgan fingerprint density at radius 2 is 1.87 bits per heavy atom. The summed E-state index contributed by atoms with van der Waals surface area (Å²) in [5.41, 5.74) is 0.665. The molecule has 0 N–H and O–H groups in total. The molecule has 1 amide bonds. The molecule has 1 aromatic carbocycles. The Hall–Kier alpha value is -3.32. The molecule has 2 fully saturated rings. The van der Waals surface area contributed by atoms with Crippen LogP contribution in [0.4, 0.5) is 20.7 Å². The van der Waals surface area contributed by atoms with Crippen LogP contribution >= 0.6 is 11.6 Å². The number of hydrogen-bond acceptors (Lipinski definition) is 9. The predicted molar refractivity (Wildman–Crippen MR) is 137 cm³/mol. The number of amides is 1. The maximum atomic E-state index is 14.3. The first-order valence-electron chi connectivity index (χ1n) is 12.4. The van der Waals surface area contributed by atoms with Crippen molar-refractivity contribution in [2.75, 3.05) is 62.7 Å². The van der Waals surface area contributed by atoms with Crippen LogP contribution in [0.1, 0.15) is 31.5 Å². The third-order valence-corrected chi connectivity index (χ3v) is 7.09. The van der Waals surface area contributed by atoms with Crippen LogP contribution in [0.25, 0.3) is 17.0 Å². The number of ether oxygens (including phenoxy) is 2. The number of benzene rings is 1. The third kappa shape index (κ3) is 4.92. The first kappa shape index (κ1) is 26.3. The average Bonchev–Trinajstić information content (AvgIpc) is 3.37. The molecule has 5 rings (SSSR count). The molecule has 38 heavy (non-hydrogen) atoms. The summed E-state index contributed by atoms with van der Waals surface area (Å²) < 4.78 is 40.7. The zero-order chi connectivity index (χ0) is 26.8. The number of hydrogen-bond donors (Lipinski definition) is 0. The molecule has 2 aromatic heterocycles. The van der Waals surface area contributed by atoms with Crippen molar-refractivity contribution in [2.24, 2.45) is 0 Å². The number of halogens is 3. The fraction of sp³-hybridized carbons (Fsp3) is 0.542. The number of alkyl halides is 3. The van der Waals surface area contributed by atoms with Crippen LogP contribution in [-0.2, 0) is 9.53 Å². The first-order valence-corrected chi connectivity index (χ1v) is 13.0. The molecule has 204 valence electrons. The van der Waals surface area contributed by atoms with Crippen LogP contribution in [0.2, 0.25) is 0 Å². The highest BCUT2D eigenvalue weighted by molar-refractivity contribution is 6.27. The van der Waals surface area contributed by atoms with E-state index in [9.17, 15) is 13.6 Å². The number of fused-ring (bicyclic) bond motifs is 1. The first-order chi connectivity index (χ1) is 18.4. The van der Waals surface area contributed by atoms with Crippen molar-refractivity contribution >= 4 is 40.4 Å². The van der Waals surface area contributed by atoms with Gasteiger partial charge in [-0.25, -0.2) is 13.8 Å². The van der Waals surface area contributed by atoms with E-state index in [4.69, 9.17) is 26.1 Å². The Balaban J connectivity index is 1.69. The average molecular weight is 551 g/mol. The molecule has 0 saturated carbocycles. The van der Waals surface area contributed by atoms with E-state index >= 15 is 0 Å². The highest BCUT2D eigenvalue weighted by atomic mass is 35.5. The third-order valence-electron chi connectivity index (χ3n) is 6.87. The number of rotatable bonds is 7. The maximum Gasteiger partial charge on any atom is 0.296 e. The number of piperidine rings is 1. The molecule has 0 bridgehead atoms. The lowest BCUT2D eigenvalue weighted by Crippen LogP contribution is -2.53. The van der Waals surface area contributed by atoms with Crippen molar-refractivity contribution in [3.8, 4) is 11.7 Å². The topological polar surface area (TPSA) is 102 Å². The fourth-order valence-electron chi connectivity index (χ4n) is 4.90. The van der Waals surface area contributed by atoms with Crippen LogP contribution in [0, 0.1) is 0 Å². The number of imidazole rings is 1. The second-order valence-electron chi connectivity index (χ2n) is 9.08. The second-order valence-corrected chi connectivity index (χ2v) is 9.34. The minimum atomic E-state index is -2.89. The molecule has 0 radical (unpaired) electrons. The number of aromatic nitrogens is 5. The van der Waals surface area contributed by atoms with Gasteiger partial charge in [0.2, 0.25) is 23.8 Å². The zero-order valence-electron chi connectivity index (χ0n) is 21.2. The lowest BCUT2D eigenvalue weighted by molar-refractivity contribution is -0.129. The summed E-state index contributed by atoms with van der Waals surface area (Å²) in [7, 11) is 3.16. The Morgan fingerprint density at radius 3 is 2.58 bits per heavy atom. The lowest BCUT2D eigenvalue weighted by Gasteiger charge is -2.41. The van der Waals surface area contributed by atoms with Crippen LogP contribution in [0.15, 0.2) is 18.2 Å². The largest absolute Gasteiger partial charge is 0.494 e. The van der Waals surface area contributed by atoms with Crippen LogP contribution in [0.5, 0.6) is 5.75 Å². The van der Waals surface area contributed by atoms with Crippen LogP contribution in [0.3, 0.4) is 0 Å². The number of para-hydroxylation sites is 1. The normalized spacial score (nSPS) is 18.3. The van der Waals surface area contributed by atoms with Gasteiger partial charge in [-0.15, -0.1) is 11.6 Å². The molecule has 14 heteroatoms. The van der Waals surface area contributed by atoms with Gasteiger partial charge < -0.3 is 24.2 Å². The zero-order valence-corrected chi connectivity index (χ0v) is 21.9. The standard InChI is InChI=1S/C24H29ClF2N8O3/c1-32(18(36)14-25)17-8-3-4-9-34(17)23-29-22(33-10-12-38-13-11-33)30-24(31-23)35-15-6-5-7-16(37-2)19(15)28-21(35)20(26)27/h5-7,17,20H,3-4,8-14H2,1-2H3. The van der Waals surface area contributed by atoms with Crippen molar-refractivity contribution in [1.29, 1.82) is 0 Å². The van der Waals surface area contributed by atoms with Gasteiger partial charge in [-0.1, -0.05) is 6.07 Å².